The van der Waals surface area contributed by atoms with Crippen LogP contribution in [0.15, 0.2) is 43.0 Å². The third-order valence-electron chi connectivity index (χ3n) is 6.27. The van der Waals surface area contributed by atoms with Gasteiger partial charge in [-0.15, -0.1) is 0 Å². The van der Waals surface area contributed by atoms with Gasteiger partial charge in [0.2, 0.25) is 17.7 Å². The molecule has 0 radical (unpaired) electrons. The first-order chi connectivity index (χ1) is 17.7. The van der Waals surface area contributed by atoms with Gasteiger partial charge < -0.3 is 36.8 Å². The highest BCUT2D eigenvalue weighted by Gasteiger charge is 2.31. The summed E-state index contributed by atoms with van der Waals surface area (Å²) >= 11 is 0. The lowest BCUT2D eigenvalue weighted by atomic mass is 9.97. The maximum Gasteiger partial charge on any atom is 0.322 e. The van der Waals surface area contributed by atoms with Gasteiger partial charge >= 0.3 is 5.97 Å². The van der Waals surface area contributed by atoms with Crippen LogP contribution < -0.4 is 21.7 Å². The molecule has 1 aromatic carbocycles. The third kappa shape index (κ3) is 7.40. The molecule has 8 N–H and O–H groups in total. The molecule has 0 saturated heterocycles. The van der Waals surface area contributed by atoms with Crippen molar-refractivity contribution in [1.29, 1.82) is 0 Å². The molecule has 2 heterocycles. The molecule has 0 fully saturated rings. The van der Waals surface area contributed by atoms with Crippen molar-refractivity contribution in [3.63, 3.8) is 0 Å². The average Bonchev–Trinajstić information content (AvgIpc) is 3.55. The van der Waals surface area contributed by atoms with E-state index in [2.05, 4.69) is 30.9 Å². The number of nitrogens with one attached hydrogen (secondary N) is 5. The summed E-state index contributed by atoms with van der Waals surface area (Å²) in [4.78, 5) is 59.8. The second kappa shape index (κ2) is 12.7. The number of aromatic amines is 2. The number of rotatable bonds is 13. The molecule has 3 aromatic rings. The fourth-order valence-electron chi connectivity index (χ4n) is 3.96. The first-order valence-electron chi connectivity index (χ1n) is 12.1. The second-order valence-corrected chi connectivity index (χ2v) is 9.00. The van der Waals surface area contributed by atoms with Crippen LogP contribution in [0.3, 0.4) is 0 Å². The van der Waals surface area contributed by atoms with E-state index in [4.69, 9.17) is 10.8 Å². The minimum atomic E-state index is -1.20. The van der Waals surface area contributed by atoms with E-state index in [1.165, 1.54) is 12.5 Å². The van der Waals surface area contributed by atoms with Crippen LogP contribution in [0.25, 0.3) is 10.9 Å². The summed E-state index contributed by atoms with van der Waals surface area (Å²) in [5.41, 5.74) is 8.61. The van der Waals surface area contributed by atoms with Gasteiger partial charge in [-0.2, -0.15) is 0 Å². The Hall–Kier alpha value is -4.19. The summed E-state index contributed by atoms with van der Waals surface area (Å²) in [7, 11) is 0. The van der Waals surface area contributed by atoms with E-state index in [0.717, 1.165) is 16.5 Å². The zero-order chi connectivity index (χ0) is 26.9. The van der Waals surface area contributed by atoms with Gasteiger partial charge in [0, 0.05) is 35.4 Å². The van der Waals surface area contributed by atoms with Gasteiger partial charge in [-0.05, 0) is 24.0 Å². The molecule has 3 amide bonds. The lowest BCUT2D eigenvalue weighted by Crippen LogP contribution is -2.58. The lowest BCUT2D eigenvalue weighted by molar-refractivity contribution is -0.139. The van der Waals surface area contributed by atoms with Gasteiger partial charge in [0.25, 0.3) is 0 Å². The number of carbonyl (C=O) groups is 4. The second-order valence-electron chi connectivity index (χ2n) is 9.00. The number of amides is 3. The number of carboxylic acid groups (broad SMARTS) is 1. The summed E-state index contributed by atoms with van der Waals surface area (Å²) in [6.07, 6.45) is 5.68. The maximum absolute atomic E-state index is 13.3. The van der Waals surface area contributed by atoms with Gasteiger partial charge in [-0.3, -0.25) is 19.2 Å². The summed E-state index contributed by atoms with van der Waals surface area (Å²) in [5, 5.41) is 17.5. The molecular formula is C25H33N7O5. The fraction of sp³-hybridized carbons (Fsp3) is 0.400. The largest absolute Gasteiger partial charge is 0.480 e. The summed E-state index contributed by atoms with van der Waals surface area (Å²) in [6.45, 7) is 3.05. The Labute approximate surface area is 213 Å². The Morgan fingerprint density at radius 1 is 1.05 bits per heavy atom. The van der Waals surface area contributed by atoms with Gasteiger partial charge in [-0.25, -0.2) is 4.98 Å². The molecule has 4 atom stereocenters. The zero-order valence-electron chi connectivity index (χ0n) is 20.8. The van der Waals surface area contributed by atoms with Crippen LogP contribution in [0, 0.1) is 5.92 Å². The normalized spacial score (nSPS) is 14.4. The van der Waals surface area contributed by atoms with Crippen LogP contribution in [-0.4, -0.2) is 68.4 Å². The Bertz CT molecular complexity index is 1220. The number of hydrogen-bond acceptors (Lipinski definition) is 6. The number of aromatic nitrogens is 3. The predicted octanol–water partition coefficient (Wildman–Crippen LogP) is 0.220. The number of benzene rings is 1. The van der Waals surface area contributed by atoms with Crippen molar-refractivity contribution in [1.82, 2.24) is 30.9 Å². The molecule has 0 aliphatic carbocycles. The van der Waals surface area contributed by atoms with Crippen LogP contribution in [0.2, 0.25) is 0 Å². The van der Waals surface area contributed by atoms with Crippen molar-refractivity contribution in [3.05, 3.63) is 54.2 Å². The Morgan fingerprint density at radius 2 is 1.81 bits per heavy atom. The van der Waals surface area contributed by atoms with Crippen LogP contribution >= 0.6 is 0 Å². The van der Waals surface area contributed by atoms with E-state index in [0.29, 0.717) is 12.1 Å². The average molecular weight is 512 g/mol. The molecule has 0 aliphatic rings. The zero-order valence-corrected chi connectivity index (χ0v) is 20.8. The summed E-state index contributed by atoms with van der Waals surface area (Å²) in [5.74, 6) is -3.23. The Morgan fingerprint density at radius 3 is 2.49 bits per heavy atom. The minimum Gasteiger partial charge on any atom is -0.480 e. The summed E-state index contributed by atoms with van der Waals surface area (Å²) < 4.78 is 0. The quantitative estimate of drug-likeness (QED) is 0.170. The molecule has 198 valence electrons. The van der Waals surface area contributed by atoms with Gasteiger partial charge in [0.15, 0.2) is 0 Å². The number of para-hydroxylation sites is 1. The number of carboxylic acids is 1. The van der Waals surface area contributed by atoms with Crippen molar-refractivity contribution in [2.45, 2.75) is 51.2 Å². The van der Waals surface area contributed by atoms with E-state index in [-0.39, 0.29) is 18.8 Å². The van der Waals surface area contributed by atoms with Crippen LogP contribution in [0.4, 0.5) is 0 Å². The molecule has 0 saturated carbocycles. The Kier molecular flexibility index (Phi) is 9.39. The number of carbonyl (C=O) groups excluding carboxylic acids is 3. The van der Waals surface area contributed by atoms with Crippen molar-refractivity contribution < 1.29 is 24.3 Å². The topological polar surface area (TPSA) is 195 Å². The van der Waals surface area contributed by atoms with Crippen molar-refractivity contribution >= 4 is 34.6 Å². The predicted molar refractivity (Wildman–Crippen MR) is 136 cm³/mol. The van der Waals surface area contributed by atoms with E-state index in [1.54, 1.807) is 13.1 Å². The SMILES string of the molecule is CCC(C)C(NC(=O)C(Cc1cnc[nH]1)NC(=O)C(N)Cc1c[nH]c2ccccc12)C(=O)NCC(=O)O. The lowest BCUT2D eigenvalue weighted by Gasteiger charge is -2.26. The number of nitrogens with zero attached hydrogens (tertiary/aromatic N) is 1. The minimum absolute atomic E-state index is 0.0847. The first kappa shape index (κ1) is 27.4. The molecule has 0 spiro atoms. The molecule has 0 bridgehead atoms. The highest BCUT2D eigenvalue weighted by Crippen LogP contribution is 2.19. The standard InChI is InChI=1S/C25H33N7O5/c1-3-14(2)22(25(37)29-12-21(33)34)32-24(36)20(9-16-11-27-13-30-16)31-23(35)18(26)8-15-10-28-19-7-5-4-6-17(15)19/h4-7,10-11,13-14,18,20,22,28H,3,8-9,12,26H2,1-2H3,(H,27,30)(H,29,37)(H,31,35)(H,32,36)(H,33,34). The smallest absolute Gasteiger partial charge is 0.322 e. The Balaban J connectivity index is 1.73. The fourth-order valence-corrected chi connectivity index (χ4v) is 3.96. The molecular weight excluding hydrogens is 478 g/mol. The van der Waals surface area contributed by atoms with E-state index >= 15 is 0 Å². The highest BCUT2D eigenvalue weighted by molar-refractivity contribution is 5.94. The molecule has 4 unspecified atom stereocenters. The highest BCUT2D eigenvalue weighted by atomic mass is 16.4. The molecule has 3 rings (SSSR count). The van der Waals surface area contributed by atoms with Crippen molar-refractivity contribution in [3.8, 4) is 0 Å². The van der Waals surface area contributed by atoms with Crippen LogP contribution in [0.1, 0.15) is 31.5 Å². The molecule has 12 nitrogen and oxygen atoms in total. The number of nitrogens with two attached hydrogens (primary N) is 1. The molecule has 37 heavy (non-hydrogen) atoms. The van der Waals surface area contributed by atoms with Crippen molar-refractivity contribution in [2.24, 2.45) is 11.7 Å². The third-order valence-corrected chi connectivity index (χ3v) is 6.27. The number of fused-ring (bicyclic) bond motifs is 1. The number of imidazole rings is 1. The number of H-pyrrole nitrogens is 2. The van der Waals surface area contributed by atoms with Crippen molar-refractivity contribution in [2.75, 3.05) is 6.54 Å². The van der Waals surface area contributed by atoms with Crippen LogP contribution in [-0.2, 0) is 32.0 Å². The van der Waals surface area contributed by atoms with Crippen LogP contribution in [0.5, 0.6) is 0 Å². The van der Waals surface area contributed by atoms with Gasteiger partial charge in [-0.1, -0.05) is 38.5 Å². The molecule has 12 heteroatoms. The number of aliphatic carboxylic acids is 1. The van der Waals surface area contributed by atoms with Gasteiger partial charge in [0.1, 0.15) is 18.6 Å². The summed E-state index contributed by atoms with van der Waals surface area (Å²) in [6, 6.07) is 4.69. The maximum atomic E-state index is 13.3. The molecule has 0 aliphatic heterocycles. The van der Waals surface area contributed by atoms with E-state index < -0.39 is 48.4 Å². The first-order valence-corrected chi connectivity index (χ1v) is 12.1. The number of hydrogen-bond donors (Lipinski definition) is 7. The van der Waals surface area contributed by atoms with E-state index in [9.17, 15) is 19.2 Å². The molecule has 2 aromatic heterocycles. The van der Waals surface area contributed by atoms with E-state index in [1.807, 2.05) is 31.2 Å². The van der Waals surface area contributed by atoms with Gasteiger partial charge in [0.05, 0.1) is 12.4 Å². The monoisotopic (exact) mass is 511 g/mol.